The Balaban J connectivity index is 1.73. The van der Waals surface area contributed by atoms with E-state index in [1.807, 2.05) is 10.7 Å². The Morgan fingerprint density at radius 3 is 2.77 bits per heavy atom. The summed E-state index contributed by atoms with van der Waals surface area (Å²) < 4.78 is 22.2. The van der Waals surface area contributed by atoms with Crippen LogP contribution in [-0.4, -0.2) is 45.3 Å². The van der Waals surface area contributed by atoms with Gasteiger partial charge in [0.2, 0.25) is 0 Å². The van der Waals surface area contributed by atoms with Gasteiger partial charge in [-0.2, -0.15) is 5.10 Å². The number of aromatic amines is 1. The number of ether oxygens (including phenoxy) is 3. The standard InChI is InChI=1S/C21H30N4O5/c1-4-6-10-28-13-21-15-8-9-22-25(15)16(17(21)29-11-7-5-2)19(30-21)24-12-14(3)18(26)23-20(24)27/h8-9,12,16-17,19H,4-7,10-11,13H2,1-3H3,(H,23,26,27)/t16-,17?,19+,21+/m0/s1. The molecule has 0 aliphatic carbocycles. The van der Waals surface area contributed by atoms with Crippen LogP contribution in [0.2, 0.25) is 0 Å². The third kappa shape index (κ3) is 3.34. The summed E-state index contributed by atoms with van der Waals surface area (Å²) in [5, 5.41) is 4.51. The Morgan fingerprint density at radius 1 is 1.23 bits per heavy atom. The monoisotopic (exact) mass is 418 g/mol. The molecule has 1 unspecified atom stereocenters. The molecule has 0 spiro atoms. The zero-order chi connectivity index (χ0) is 21.3. The van der Waals surface area contributed by atoms with E-state index in [4.69, 9.17) is 14.2 Å². The van der Waals surface area contributed by atoms with Gasteiger partial charge in [-0.15, -0.1) is 0 Å². The first-order valence-electron chi connectivity index (χ1n) is 10.8. The van der Waals surface area contributed by atoms with Crippen molar-refractivity contribution in [2.45, 2.75) is 70.4 Å². The van der Waals surface area contributed by atoms with E-state index >= 15 is 0 Å². The van der Waals surface area contributed by atoms with Crippen molar-refractivity contribution >= 4 is 0 Å². The van der Waals surface area contributed by atoms with Crippen molar-refractivity contribution in [3.8, 4) is 0 Å². The minimum Gasteiger partial charge on any atom is -0.378 e. The molecular weight excluding hydrogens is 388 g/mol. The predicted octanol–water partition coefficient (Wildman–Crippen LogP) is 2.02. The van der Waals surface area contributed by atoms with Crippen molar-refractivity contribution in [3.05, 3.63) is 50.6 Å². The van der Waals surface area contributed by atoms with Gasteiger partial charge in [-0.1, -0.05) is 26.7 Å². The molecule has 4 rings (SSSR count). The fourth-order valence-corrected chi connectivity index (χ4v) is 4.36. The molecule has 2 aliphatic rings. The Hall–Kier alpha value is -2.23. The van der Waals surface area contributed by atoms with Crippen LogP contribution in [-0.2, 0) is 19.8 Å². The summed E-state index contributed by atoms with van der Waals surface area (Å²) >= 11 is 0. The van der Waals surface area contributed by atoms with Crippen LogP contribution in [0.1, 0.15) is 63.1 Å². The van der Waals surface area contributed by atoms with E-state index in [1.165, 1.54) is 4.57 Å². The van der Waals surface area contributed by atoms with Crippen LogP contribution < -0.4 is 11.2 Å². The van der Waals surface area contributed by atoms with Gasteiger partial charge in [-0.3, -0.25) is 19.0 Å². The lowest BCUT2D eigenvalue weighted by atomic mass is 9.95. The van der Waals surface area contributed by atoms with Gasteiger partial charge in [0.15, 0.2) is 11.8 Å². The number of H-pyrrole nitrogens is 1. The predicted molar refractivity (Wildman–Crippen MR) is 109 cm³/mol. The van der Waals surface area contributed by atoms with Crippen molar-refractivity contribution in [2.75, 3.05) is 19.8 Å². The Morgan fingerprint density at radius 2 is 2.00 bits per heavy atom. The van der Waals surface area contributed by atoms with Gasteiger partial charge >= 0.3 is 5.69 Å². The van der Waals surface area contributed by atoms with E-state index in [0.717, 1.165) is 31.4 Å². The molecule has 4 atom stereocenters. The number of aromatic nitrogens is 4. The molecule has 2 bridgehead atoms. The molecule has 0 saturated carbocycles. The van der Waals surface area contributed by atoms with Crippen molar-refractivity contribution in [3.63, 3.8) is 0 Å². The number of nitrogens with zero attached hydrogens (tertiary/aromatic N) is 3. The molecule has 9 heteroatoms. The maximum absolute atomic E-state index is 12.6. The third-order valence-corrected chi connectivity index (χ3v) is 5.95. The van der Waals surface area contributed by atoms with Crippen LogP contribution in [0.15, 0.2) is 28.0 Å². The number of fused-ring (bicyclic) bond motifs is 5. The first kappa shape index (κ1) is 21.0. The largest absolute Gasteiger partial charge is 0.378 e. The number of rotatable bonds is 10. The van der Waals surface area contributed by atoms with E-state index < -0.39 is 23.1 Å². The molecule has 1 saturated heterocycles. The molecule has 0 aromatic carbocycles. The highest BCUT2D eigenvalue weighted by atomic mass is 16.6. The van der Waals surface area contributed by atoms with Crippen LogP contribution in [0.3, 0.4) is 0 Å². The van der Waals surface area contributed by atoms with Crippen molar-refractivity contribution in [1.29, 1.82) is 0 Å². The van der Waals surface area contributed by atoms with Crippen LogP contribution >= 0.6 is 0 Å². The minimum atomic E-state index is -0.850. The van der Waals surface area contributed by atoms with E-state index in [-0.39, 0.29) is 12.1 Å². The second-order valence-corrected chi connectivity index (χ2v) is 8.08. The van der Waals surface area contributed by atoms with Crippen LogP contribution in [0.25, 0.3) is 0 Å². The van der Waals surface area contributed by atoms with Crippen LogP contribution in [0, 0.1) is 6.92 Å². The van der Waals surface area contributed by atoms with Crippen molar-refractivity contribution < 1.29 is 14.2 Å². The molecule has 2 aromatic rings. The number of nitrogens with one attached hydrogen (secondary N) is 1. The quantitative estimate of drug-likeness (QED) is 0.593. The molecule has 0 amide bonds. The van der Waals surface area contributed by atoms with Gasteiger partial charge in [-0.05, 0) is 25.8 Å². The zero-order valence-corrected chi connectivity index (χ0v) is 17.8. The molecule has 1 N–H and O–H groups in total. The molecule has 30 heavy (non-hydrogen) atoms. The lowest BCUT2D eigenvalue weighted by molar-refractivity contribution is -0.163. The maximum atomic E-state index is 12.6. The fraction of sp³-hybridized carbons (Fsp3) is 0.667. The van der Waals surface area contributed by atoms with Crippen LogP contribution in [0.5, 0.6) is 0 Å². The Labute approximate surface area is 175 Å². The topological polar surface area (TPSA) is 100 Å². The van der Waals surface area contributed by atoms with Gasteiger partial charge < -0.3 is 14.2 Å². The number of hydrogen-bond acceptors (Lipinski definition) is 6. The van der Waals surface area contributed by atoms with Gasteiger partial charge in [0.1, 0.15) is 12.1 Å². The average Bonchev–Trinajstić information content (AvgIpc) is 3.38. The zero-order valence-electron chi connectivity index (χ0n) is 17.8. The highest BCUT2D eigenvalue weighted by molar-refractivity contribution is 5.27. The normalized spacial score (nSPS) is 27.0. The summed E-state index contributed by atoms with van der Waals surface area (Å²) in [6.45, 7) is 7.44. The van der Waals surface area contributed by atoms with Gasteiger partial charge in [0.05, 0.1) is 12.3 Å². The van der Waals surface area contributed by atoms with E-state index in [2.05, 4.69) is 23.9 Å². The first-order valence-corrected chi connectivity index (χ1v) is 10.8. The van der Waals surface area contributed by atoms with E-state index in [1.54, 1.807) is 19.3 Å². The van der Waals surface area contributed by atoms with Crippen LogP contribution in [0.4, 0.5) is 0 Å². The number of unbranched alkanes of at least 4 members (excludes halogenated alkanes) is 2. The number of aryl methyl sites for hydroxylation is 1. The lowest BCUT2D eigenvalue weighted by Crippen LogP contribution is -2.42. The second kappa shape index (κ2) is 8.49. The van der Waals surface area contributed by atoms with Crippen molar-refractivity contribution in [1.82, 2.24) is 19.3 Å². The van der Waals surface area contributed by atoms with Gasteiger partial charge in [-0.25, -0.2) is 4.79 Å². The lowest BCUT2D eigenvalue weighted by Gasteiger charge is -2.32. The van der Waals surface area contributed by atoms with Gasteiger partial charge in [0, 0.05) is 31.2 Å². The summed E-state index contributed by atoms with van der Waals surface area (Å²) in [4.78, 5) is 26.8. The summed E-state index contributed by atoms with van der Waals surface area (Å²) in [7, 11) is 0. The summed E-state index contributed by atoms with van der Waals surface area (Å²) in [6.07, 6.45) is 6.25. The molecular formula is C21H30N4O5. The minimum absolute atomic E-state index is 0.319. The summed E-state index contributed by atoms with van der Waals surface area (Å²) in [5.74, 6) is 0. The van der Waals surface area contributed by atoms with E-state index in [9.17, 15) is 9.59 Å². The molecule has 0 radical (unpaired) electrons. The SMILES string of the molecule is CCCCOC[C@]12O[C@@H](n3cc(C)c(=O)[nH]c3=O)[C@H](C1OCCCC)n1nccc12. The molecule has 2 aromatic heterocycles. The highest BCUT2D eigenvalue weighted by Crippen LogP contribution is 2.56. The smallest absolute Gasteiger partial charge is 0.330 e. The maximum Gasteiger partial charge on any atom is 0.330 e. The summed E-state index contributed by atoms with van der Waals surface area (Å²) in [6, 6.07) is 1.60. The van der Waals surface area contributed by atoms with E-state index in [0.29, 0.717) is 25.4 Å². The molecule has 1 fully saturated rings. The summed E-state index contributed by atoms with van der Waals surface area (Å²) in [5.41, 5.74) is -0.412. The third-order valence-electron chi connectivity index (χ3n) is 5.95. The average molecular weight is 418 g/mol. The highest BCUT2D eigenvalue weighted by Gasteiger charge is 2.66. The fourth-order valence-electron chi connectivity index (χ4n) is 4.36. The second-order valence-electron chi connectivity index (χ2n) is 8.08. The van der Waals surface area contributed by atoms with Crippen molar-refractivity contribution in [2.24, 2.45) is 0 Å². The van der Waals surface area contributed by atoms with Gasteiger partial charge in [0.25, 0.3) is 5.56 Å². The molecule has 164 valence electrons. The molecule has 9 nitrogen and oxygen atoms in total. The molecule has 2 aliphatic heterocycles. The Kier molecular flexibility index (Phi) is 5.95. The number of hydrogen-bond donors (Lipinski definition) is 1. The molecule has 4 heterocycles. The Bertz CT molecular complexity index is 996. The first-order chi connectivity index (χ1) is 14.5.